The van der Waals surface area contributed by atoms with Crippen LogP contribution in [0.4, 0.5) is 0 Å². The molecule has 3 aromatic carbocycles. The van der Waals surface area contributed by atoms with Gasteiger partial charge in [-0.15, -0.1) is 0 Å². The predicted octanol–water partition coefficient (Wildman–Crippen LogP) is 5.64. The Kier molecular flexibility index (Phi) is 2.54. The molecule has 0 spiro atoms. The maximum absolute atomic E-state index is 6.11. The fourth-order valence-electron chi connectivity index (χ4n) is 2.77. The van der Waals surface area contributed by atoms with E-state index in [2.05, 4.69) is 53.5 Å². The average Bonchev–Trinajstić information content (AvgIpc) is 2.86. The standard InChI is InChI=1S/C18H12ClN/c19-13-6-3-5-12(11-13)14-8-4-9-16-15-7-1-2-10-17(15)20-18(14)16/h1-11,20H. The van der Waals surface area contributed by atoms with Crippen LogP contribution in [0.15, 0.2) is 66.7 Å². The number of hydrogen-bond acceptors (Lipinski definition) is 0. The highest BCUT2D eigenvalue weighted by Crippen LogP contribution is 2.33. The normalized spacial score (nSPS) is 11.2. The Labute approximate surface area is 121 Å². The van der Waals surface area contributed by atoms with E-state index in [9.17, 15) is 0 Å². The molecule has 0 saturated carbocycles. The third-order valence-electron chi connectivity index (χ3n) is 3.68. The molecule has 0 radical (unpaired) electrons. The number of para-hydroxylation sites is 2. The SMILES string of the molecule is Clc1cccc(-c2cccc3c2[nH]c2ccccc23)c1. The molecule has 0 unspecified atom stereocenters. The molecular weight excluding hydrogens is 266 g/mol. The number of benzene rings is 3. The summed E-state index contributed by atoms with van der Waals surface area (Å²) in [4.78, 5) is 3.52. The summed E-state index contributed by atoms with van der Waals surface area (Å²) in [6, 6.07) is 22.7. The smallest absolute Gasteiger partial charge is 0.0544 e. The van der Waals surface area contributed by atoms with Crippen LogP contribution in [-0.4, -0.2) is 4.98 Å². The van der Waals surface area contributed by atoms with Crippen LogP contribution in [0.2, 0.25) is 5.02 Å². The van der Waals surface area contributed by atoms with Gasteiger partial charge in [0, 0.05) is 26.9 Å². The monoisotopic (exact) mass is 277 g/mol. The van der Waals surface area contributed by atoms with Crippen molar-refractivity contribution in [2.75, 3.05) is 0 Å². The Bertz CT molecular complexity index is 921. The number of H-pyrrole nitrogens is 1. The van der Waals surface area contributed by atoms with E-state index in [1.807, 2.05) is 18.2 Å². The van der Waals surface area contributed by atoms with Gasteiger partial charge in [-0.1, -0.05) is 60.1 Å². The van der Waals surface area contributed by atoms with Gasteiger partial charge in [-0.3, -0.25) is 0 Å². The minimum atomic E-state index is 0.760. The summed E-state index contributed by atoms with van der Waals surface area (Å²) in [7, 11) is 0. The molecule has 1 heterocycles. The number of aromatic nitrogens is 1. The molecule has 0 amide bonds. The molecule has 96 valence electrons. The second kappa shape index (κ2) is 4.39. The maximum atomic E-state index is 6.11. The Morgan fingerprint density at radius 1 is 0.750 bits per heavy atom. The van der Waals surface area contributed by atoms with E-state index in [-0.39, 0.29) is 0 Å². The second-order valence-electron chi connectivity index (χ2n) is 4.91. The van der Waals surface area contributed by atoms with Crippen molar-refractivity contribution in [2.45, 2.75) is 0 Å². The van der Waals surface area contributed by atoms with E-state index >= 15 is 0 Å². The number of nitrogens with one attached hydrogen (secondary N) is 1. The molecule has 0 fully saturated rings. The van der Waals surface area contributed by atoms with Crippen LogP contribution in [0.25, 0.3) is 32.9 Å². The lowest BCUT2D eigenvalue weighted by molar-refractivity contribution is 1.53. The second-order valence-corrected chi connectivity index (χ2v) is 5.35. The summed E-state index contributed by atoms with van der Waals surface area (Å²) in [5.41, 5.74) is 4.64. The Hall–Kier alpha value is -2.25. The summed E-state index contributed by atoms with van der Waals surface area (Å²) in [6.07, 6.45) is 0. The summed E-state index contributed by atoms with van der Waals surface area (Å²) >= 11 is 6.11. The number of aromatic amines is 1. The van der Waals surface area contributed by atoms with Gasteiger partial charge in [0.15, 0.2) is 0 Å². The Morgan fingerprint density at radius 2 is 1.55 bits per heavy atom. The third kappa shape index (κ3) is 1.71. The number of halogens is 1. The zero-order chi connectivity index (χ0) is 13.5. The van der Waals surface area contributed by atoms with Gasteiger partial charge in [0.1, 0.15) is 0 Å². The van der Waals surface area contributed by atoms with Gasteiger partial charge in [-0.2, -0.15) is 0 Å². The Balaban J connectivity index is 2.10. The largest absolute Gasteiger partial charge is 0.354 e. The molecule has 4 aromatic rings. The molecule has 2 heteroatoms. The first-order valence-electron chi connectivity index (χ1n) is 6.58. The zero-order valence-corrected chi connectivity index (χ0v) is 11.5. The van der Waals surface area contributed by atoms with Gasteiger partial charge >= 0.3 is 0 Å². The number of hydrogen-bond donors (Lipinski definition) is 1. The topological polar surface area (TPSA) is 15.8 Å². The van der Waals surface area contributed by atoms with Gasteiger partial charge in [0.2, 0.25) is 0 Å². The van der Waals surface area contributed by atoms with Crippen molar-refractivity contribution < 1.29 is 0 Å². The van der Waals surface area contributed by atoms with E-state index in [0.29, 0.717) is 0 Å². The predicted molar refractivity (Wildman–Crippen MR) is 86.3 cm³/mol. The highest BCUT2D eigenvalue weighted by molar-refractivity contribution is 6.31. The lowest BCUT2D eigenvalue weighted by Gasteiger charge is -2.04. The van der Waals surface area contributed by atoms with Crippen molar-refractivity contribution >= 4 is 33.4 Å². The van der Waals surface area contributed by atoms with Gasteiger partial charge in [0.05, 0.1) is 5.52 Å². The van der Waals surface area contributed by atoms with Crippen LogP contribution in [0.1, 0.15) is 0 Å². The van der Waals surface area contributed by atoms with Crippen LogP contribution in [0.5, 0.6) is 0 Å². The summed E-state index contributed by atoms with van der Waals surface area (Å²) in [5.74, 6) is 0. The fourth-order valence-corrected chi connectivity index (χ4v) is 2.96. The zero-order valence-electron chi connectivity index (χ0n) is 10.7. The number of fused-ring (bicyclic) bond motifs is 3. The van der Waals surface area contributed by atoms with Gasteiger partial charge in [-0.25, -0.2) is 0 Å². The first-order chi connectivity index (χ1) is 9.83. The van der Waals surface area contributed by atoms with Crippen LogP contribution < -0.4 is 0 Å². The average molecular weight is 278 g/mol. The number of rotatable bonds is 1. The molecule has 1 N–H and O–H groups in total. The summed E-state index contributed by atoms with van der Waals surface area (Å²) < 4.78 is 0. The van der Waals surface area contributed by atoms with Crippen LogP contribution in [0, 0.1) is 0 Å². The molecule has 0 aliphatic heterocycles. The highest BCUT2D eigenvalue weighted by atomic mass is 35.5. The van der Waals surface area contributed by atoms with Crippen LogP contribution >= 0.6 is 11.6 Å². The van der Waals surface area contributed by atoms with Crippen LogP contribution in [0.3, 0.4) is 0 Å². The highest BCUT2D eigenvalue weighted by Gasteiger charge is 2.09. The van der Waals surface area contributed by atoms with Crippen molar-refractivity contribution in [1.29, 1.82) is 0 Å². The first-order valence-corrected chi connectivity index (χ1v) is 6.96. The lowest BCUT2D eigenvalue weighted by atomic mass is 10.0. The molecule has 0 aliphatic carbocycles. The van der Waals surface area contributed by atoms with Crippen molar-refractivity contribution in [2.24, 2.45) is 0 Å². The molecule has 0 atom stereocenters. The van der Waals surface area contributed by atoms with E-state index in [1.165, 1.54) is 16.3 Å². The summed E-state index contributed by atoms with van der Waals surface area (Å²) in [5, 5.41) is 3.26. The van der Waals surface area contributed by atoms with Crippen molar-refractivity contribution in [3.63, 3.8) is 0 Å². The molecule has 4 rings (SSSR count). The minimum absolute atomic E-state index is 0.760. The van der Waals surface area contributed by atoms with Gasteiger partial charge in [-0.05, 0) is 23.8 Å². The molecular formula is C18H12ClN. The fraction of sp³-hybridized carbons (Fsp3) is 0. The molecule has 1 nitrogen and oxygen atoms in total. The molecule has 20 heavy (non-hydrogen) atoms. The van der Waals surface area contributed by atoms with Crippen molar-refractivity contribution in [1.82, 2.24) is 4.98 Å². The molecule has 0 saturated heterocycles. The lowest BCUT2D eigenvalue weighted by Crippen LogP contribution is -1.80. The van der Waals surface area contributed by atoms with E-state index in [0.717, 1.165) is 21.6 Å². The van der Waals surface area contributed by atoms with Crippen molar-refractivity contribution in [3.8, 4) is 11.1 Å². The third-order valence-corrected chi connectivity index (χ3v) is 3.91. The van der Waals surface area contributed by atoms with Gasteiger partial charge < -0.3 is 4.98 Å². The first kappa shape index (κ1) is 11.6. The molecule has 0 aliphatic rings. The maximum Gasteiger partial charge on any atom is 0.0544 e. The van der Waals surface area contributed by atoms with Crippen molar-refractivity contribution in [3.05, 3.63) is 71.8 Å². The van der Waals surface area contributed by atoms with E-state index < -0.39 is 0 Å². The van der Waals surface area contributed by atoms with Gasteiger partial charge in [0.25, 0.3) is 0 Å². The molecule has 1 aromatic heterocycles. The van der Waals surface area contributed by atoms with E-state index in [4.69, 9.17) is 11.6 Å². The quantitative estimate of drug-likeness (QED) is 0.463. The van der Waals surface area contributed by atoms with E-state index in [1.54, 1.807) is 0 Å². The summed E-state index contributed by atoms with van der Waals surface area (Å²) in [6.45, 7) is 0. The Morgan fingerprint density at radius 3 is 2.45 bits per heavy atom. The van der Waals surface area contributed by atoms with Crippen LogP contribution in [-0.2, 0) is 0 Å². The minimum Gasteiger partial charge on any atom is -0.354 e. The molecule has 0 bridgehead atoms.